The number of anilines is 1. The van der Waals surface area contributed by atoms with Crippen molar-refractivity contribution in [2.75, 3.05) is 38.1 Å². The van der Waals surface area contributed by atoms with Crippen LogP contribution in [0, 0.1) is 23.7 Å². The van der Waals surface area contributed by atoms with E-state index >= 15 is 0 Å². The van der Waals surface area contributed by atoms with Gasteiger partial charge in [-0.3, -0.25) is 14.6 Å². The van der Waals surface area contributed by atoms with Crippen LogP contribution in [0.5, 0.6) is 0 Å². The third-order valence-corrected chi connectivity index (χ3v) is 7.91. The highest BCUT2D eigenvalue weighted by Gasteiger charge is 2.49. The van der Waals surface area contributed by atoms with Crippen LogP contribution in [0.4, 0.5) is 5.69 Å². The van der Waals surface area contributed by atoms with Gasteiger partial charge in [-0.15, -0.1) is 0 Å². The molecule has 3 atom stereocenters. The number of hydrogen-bond donors (Lipinski definition) is 0. The summed E-state index contributed by atoms with van der Waals surface area (Å²) < 4.78 is 0. The van der Waals surface area contributed by atoms with Crippen LogP contribution >= 0.6 is 0 Å². The molecule has 3 heterocycles. The van der Waals surface area contributed by atoms with Crippen molar-refractivity contribution in [3.05, 3.63) is 24.5 Å². The molecule has 0 aromatic carbocycles. The zero-order chi connectivity index (χ0) is 20.0. The number of amides is 2. The Labute approximate surface area is 173 Å². The van der Waals surface area contributed by atoms with Gasteiger partial charge in [-0.25, -0.2) is 0 Å². The second kappa shape index (κ2) is 7.62. The van der Waals surface area contributed by atoms with E-state index in [0.29, 0.717) is 18.4 Å². The number of carbonyl (C=O) groups is 2. The summed E-state index contributed by atoms with van der Waals surface area (Å²) in [6.45, 7) is 3.23. The quantitative estimate of drug-likeness (QED) is 0.784. The number of hydrogen-bond acceptors (Lipinski definition) is 4. The van der Waals surface area contributed by atoms with Gasteiger partial charge in [0, 0.05) is 63.3 Å². The molecular weight excluding hydrogens is 364 g/mol. The van der Waals surface area contributed by atoms with Crippen LogP contribution in [0.15, 0.2) is 24.5 Å². The van der Waals surface area contributed by atoms with Crippen molar-refractivity contribution in [1.82, 2.24) is 14.8 Å². The first kappa shape index (κ1) is 18.9. The molecule has 156 valence electrons. The third kappa shape index (κ3) is 3.51. The van der Waals surface area contributed by atoms with Gasteiger partial charge in [0.25, 0.3) is 0 Å². The largest absolute Gasteiger partial charge is 0.371 e. The van der Waals surface area contributed by atoms with E-state index in [2.05, 4.69) is 9.88 Å². The molecule has 0 N–H and O–H groups in total. The molecule has 2 saturated heterocycles. The van der Waals surface area contributed by atoms with Crippen LogP contribution in [0.2, 0.25) is 0 Å². The first-order valence-electron chi connectivity index (χ1n) is 11.3. The van der Waals surface area contributed by atoms with Gasteiger partial charge < -0.3 is 14.7 Å². The number of carbonyl (C=O) groups excluding carboxylic acids is 2. The minimum absolute atomic E-state index is 0.0602. The van der Waals surface area contributed by atoms with Crippen molar-refractivity contribution < 1.29 is 9.59 Å². The first-order chi connectivity index (χ1) is 14.1. The lowest BCUT2D eigenvalue weighted by Crippen LogP contribution is -2.52. The van der Waals surface area contributed by atoms with Gasteiger partial charge >= 0.3 is 0 Å². The number of aromatic nitrogens is 1. The Morgan fingerprint density at radius 2 is 1.86 bits per heavy atom. The molecule has 0 radical (unpaired) electrons. The zero-order valence-corrected chi connectivity index (χ0v) is 17.4. The summed E-state index contributed by atoms with van der Waals surface area (Å²) in [5.74, 6) is 2.35. The Morgan fingerprint density at radius 1 is 1.07 bits per heavy atom. The maximum atomic E-state index is 13.2. The molecule has 3 saturated carbocycles. The molecule has 6 rings (SSSR count). The van der Waals surface area contributed by atoms with Crippen LogP contribution in [-0.4, -0.2) is 65.9 Å². The van der Waals surface area contributed by atoms with Gasteiger partial charge in [-0.05, 0) is 62.5 Å². The molecule has 6 heteroatoms. The highest BCUT2D eigenvalue weighted by atomic mass is 16.2. The van der Waals surface area contributed by atoms with Crippen LogP contribution in [0.1, 0.15) is 38.5 Å². The minimum Gasteiger partial charge on any atom is -0.371 e. The van der Waals surface area contributed by atoms with Crippen LogP contribution in [0.25, 0.3) is 0 Å². The number of fused-ring (bicyclic) bond motifs is 1. The summed E-state index contributed by atoms with van der Waals surface area (Å²) in [5.41, 5.74) is 1.15. The summed E-state index contributed by atoms with van der Waals surface area (Å²) in [7, 11) is 1.97. The lowest BCUT2D eigenvalue weighted by molar-refractivity contribution is -0.143. The second-order valence-corrected chi connectivity index (χ2v) is 9.61. The summed E-state index contributed by atoms with van der Waals surface area (Å²) in [6, 6.07) is 4.20. The zero-order valence-electron chi connectivity index (χ0n) is 17.4. The lowest BCUT2D eigenvalue weighted by Gasteiger charge is -2.39. The third-order valence-electron chi connectivity index (χ3n) is 7.91. The van der Waals surface area contributed by atoms with Gasteiger partial charge in [-0.2, -0.15) is 0 Å². The predicted molar refractivity (Wildman–Crippen MR) is 111 cm³/mol. The monoisotopic (exact) mass is 396 g/mol. The molecule has 0 spiro atoms. The van der Waals surface area contributed by atoms with E-state index < -0.39 is 0 Å². The fraction of sp³-hybridized carbons (Fsp3) is 0.696. The number of nitrogens with zero attached hydrogens (tertiary/aromatic N) is 4. The molecule has 6 nitrogen and oxygen atoms in total. The number of pyridine rings is 1. The van der Waals surface area contributed by atoms with E-state index in [1.54, 1.807) is 12.4 Å². The highest BCUT2D eigenvalue weighted by molar-refractivity contribution is 5.82. The van der Waals surface area contributed by atoms with Crippen molar-refractivity contribution in [1.29, 1.82) is 0 Å². The molecule has 2 aliphatic heterocycles. The summed E-state index contributed by atoms with van der Waals surface area (Å²) >= 11 is 0. The number of rotatable bonds is 4. The molecular formula is C23H32N4O2. The van der Waals surface area contributed by atoms with Crippen molar-refractivity contribution in [2.24, 2.45) is 23.7 Å². The fourth-order valence-corrected chi connectivity index (χ4v) is 6.08. The Bertz CT molecular complexity index is 763. The van der Waals surface area contributed by atoms with Gasteiger partial charge in [0.05, 0.1) is 5.92 Å². The van der Waals surface area contributed by atoms with Crippen molar-refractivity contribution >= 4 is 17.5 Å². The molecule has 5 aliphatic rings. The number of piperidine rings is 1. The molecule has 3 aliphatic carbocycles. The molecule has 5 fully saturated rings. The summed E-state index contributed by atoms with van der Waals surface area (Å²) in [5, 5.41) is 0. The van der Waals surface area contributed by atoms with Crippen molar-refractivity contribution in [2.45, 2.75) is 44.6 Å². The average Bonchev–Trinajstić information content (AvgIpc) is 3.48. The molecule has 1 aromatic rings. The highest BCUT2D eigenvalue weighted by Crippen LogP contribution is 2.53. The number of likely N-dealkylation sites (N-methyl/N-ethyl adjacent to an activating group) is 1. The predicted octanol–water partition coefficient (Wildman–Crippen LogP) is 2.40. The van der Waals surface area contributed by atoms with E-state index in [1.807, 2.05) is 29.0 Å². The van der Waals surface area contributed by atoms with Crippen LogP contribution in [-0.2, 0) is 9.59 Å². The summed E-state index contributed by atoms with van der Waals surface area (Å²) in [6.07, 6.45) is 10.1. The molecule has 2 amide bonds. The van der Waals surface area contributed by atoms with Crippen LogP contribution in [0.3, 0.4) is 0 Å². The van der Waals surface area contributed by atoms with E-state index in [1.165, 1.54) is 12.8 Å². The van der Waals surface area contributed by atoms with E-state index in [4.69, 9.17) is 0 Å². The summed E-state index contributed by atoms with van der Waals surface area (Å²) in [4.78, 5) is 36.6. The second-order valence-electron chi connectivity index (χ2n) is 9.61. The molecule has 29 heavy (non-hydrogen) atoms. The Morgan fingerprint density at radius 3 is 2.59 bits per heavy atom. The normalized spacial score (nSPS) is 33.5. The van der Waals surface area contributed by atoms with Crippen LogP contribution < -0.4 is 4.90 Å². The average molecular weight is 397 g/mol. The first-order valence-corrected chi connectivity index (χ1v) is 11.3. The Hall–Kier alpha value is -2.11. The lowest BCUT2D eigenvalue weighted by atomic mass is 9.82. The van der Waals surface area contributed by atoms with E-state index in [-0.39, 0.29) is 23.8 Å². The maximum absolute atomic E-state index is 13.2. The molecule has 1 aromatic heterocycles. The van der Waals surface area contributed by atoms with Crippen molar-refractivity contribution in [3.63, 3.8) is 0 Å². The smallest absolute Gasteiger partial charge is 0.227 e. The van der Waals surface area contributed by atoms with Crippen molar-refractivity contribution in [3.8, 4) is 0 Å². The maximum Gasteiger partial charge on any atom is 0.227 e. The standard InChI is InChI=1S/C23H32N4O2/c1-25(23(29)21-13-16-11-18(21)12-16)20-3-2-9-27(15-20)22(28)17-6-10-26(14-17)19-4-7-24-8-5-19/h4-5,7-8,16-18,20-21H,2-3,6,9-15H2,1H3. The van der Waals surface area contributed by atoms with Gasteiger partial charge in [0.15, 0.2) is 0 Å². The SMILES string of the molecule is CN(C(=O)C1CC2CC1C2)C1CCCN(C(=O)C2CCN(c3ccncc3)C2)C1. The Kier molecular flexibility index (Phi) is 4.96. The topological polar surface area (TPSA) is 56.8 Å². The van der Waals surface area contributed by atoms with Gasteiger partial charge in [0.2, 0.25) is 11.8 Å². The Balaban J connectivity index is 1.18. The van der Waals surface area contributed by atoms with E-state index in [0.717, 1.165) is 56.9 Å². The fourth-order valence-electron chi connectivity index (χ4n) is 6.08. The van der Waals surface area contributed by atoms with Gasteiger partial charge in [-0.1, -0.05) is 0 Å². The van der Waals surface area contributed by atoms with E-state index in [9.17, 15) is 9.59 Å². The molecule has 2 bridgehead atoms. The molecule has 3 unspecified atom stereocenters. The minimum atomic E-state index is 0.0602. The number of likely N-dealkylation sites (tertiary alicyclic amines) is 1. The van der Waals surface area contributed by atoms with Gasteiger partial charge in [0.1, 0.15) is 0 Å².